The zero-order chi connectivity index (χ0) is 46.5. The number of aliphatic hydroxyl groups is 12. The van der Waals surface area contributed by atoms with Crippen LogP contribution in [0.5, 0.6) is 0 Å². The molecule has 0 spiro atoms. The average molecular weight is 923 g/mol. The van der Waals surface area contributed by atoms with Crippen molar-refractivity contribution in [2.45, 2.75) is 189 Å². The highest BCUT2D eigenvalue weighted by molar-refractivity contribution is 5.77. The van der Waals surface area contributed by atoms with Gasteiger partial charge in [-0.3, -0.25) is 4.79 Å². The topological polar surface area (TPSA) is 334 Å². The molecular formula is C43H70O21. The van der Waals surface area contributed by atoms with E-state index in [1.807, 2.05) is 6.92 Å². The van der Waals surface area contributed by atoms with E-state index in [9.17, 15) is 61.3 Å². The highest BCUT2D eigenvalue weighted by atomic mass is 16.8. The summed E-state index contributed by atoms with van der Waals surface area (Å²) in [5.74, 6) is -0.940. The van der Waals surface area contributed by atoms with Gasteiger partial charge in [-0.05, 0) is 69.1 Å². The van der Waals surface area contributed by atoms with Crippen LogP contribution in [0.3, 0.4) is 0 Å². The van der Waals surface area contributed by atoms with Gasteiger partial charge in [0.25, 0.3) is 0 Å². The number of allylic oxidation sites excluding steroid dienone is 1. The molecule has 3 saturated carbocycles. The van der Waals surface area contributed by atoms with Crippen LogP contribution in [0, 0.1) is 28.1 Å². The molecular weight excluding hydrogens is 852 g/mol. The smallest absolute Gasteiger partial charge is 0.314 e. The normalized spacial score (nSPS) is 51.2. The lowest BCUT2D eigenvalue weighted by Crippen LogP contribution is -2.67. The van der Waals surface area contributed by atoms with Crippen molar-refractivity contribution in [3.63, 3.8) is 0 Å². The SMILES string of the molecule is C=C1CC[C@@H]2[C@](COC3OC(CO)C(O)CC3O)(CC[C@H]3[C@@]2(C)CCC[C@@]3(C)C(=O)OC2OC(CO)C(O)C(OC3OC(CO)C(O)C(O)C3O)C2OC2OC(CO)C(O)CC2O)C1. The highest BCUT2D eigenvalue weighted by Crippen LogP contribution is 2.68. The third-order valence-corrected chi connectivity index (χ3v) is 15.7. The first kappa shape index (κ1) is 50.3. The summed E-state index contributed by atoms with van der Waals surface area (Å²) < 4.78 is 47.9. The fourth-order valence-electron chi connectivity index (χ4n) is 12.3. The van der Waals surface area contributed by atoms with E-state index in [0.717, 1.165) is 24.8 Å². The van der Waals surface area contributed by atoms with Crippen molar-refractivity contribution in [3.05, 3.63) is 12.2 Å². The molecule has 4 heterocycles. The van der Waals surface area contributed by atoms with Crippen molar-refractivity contribution in [1.29, 1.82) is 0 Å². The predicted molar refractivity (Wildman–Crippen MR) is 214 cm³/mol. The summed E-state index contributed by atoms with van der Waals surface area (Å²) in [4.78, 5) is 15.0. The fourth-order valence-corrected chi connectivity index (χ4v) is 12.3. The average Bonchev–Trinajstić information content (AvgIpc) is 3.25. The number of ether oxygens (including phenoxy) is 8. The van der Waals surface area contributed by atoms with Gasteiger partial charge in [0.05, 0.1) is 50.7 Å². The Morgan fingerprint density at radius 3 is 1.83 bits per heavy atom. The van der Waals surface area contributed by atoms with Gasteiger partial charge in [-0.25, -0.2) is 0 Å². The molecule has 0 aromatic heterocycles. The number of fused-ring (bicyclic) bond motifs is 3. The van der Waals surface area contributed by atoms with Crippen molar-refractivity contribution in [1.82, 2.24) is 0 Å². The van der Waals surface area contributed by atoms with Gasteiger partial charge < -0.3 is 99.2 Å². The van der Waals surface area contributed by atoms with Crippen LogP contribution in [-0.4, -0.2) is 211 Å². The van der Waals surface area contributed by atoms with Gasteiger partial charge in [0.2, 0.25) is 6.29 Å². The lowest BCUT2D eigenvalue weighted by atomic mass is 9.40. The number of carbonyl (C=O) groups is 1. The van der Waals surface area contributed by atoms with Crippen LogP contribution < -0.4 is 0 Å². The van der Waals surface area contributed by atoms with E-state index in [2.05, 4.69) is 13.5 Å². The summed E-state index contributed by atoms with van der Waals surface area (Å²) in [6.45, 7) is 5.80. The Morgan fingerprint density at radius 1 is 0.625 bits per heavy atom. The molecule has 21 nitrogen and oxygen atoms in total. The molecule has 4 aliphatic heterocycles. The molecule has 12 N–H and O–H groups in total. The first-order valence-electron chi connectivity index (χ1n) is 22.6. The number of esters is 1. The van der Waals surface area contributed by atoms with Crippen LogP contribution >= 0.6 is 0 Å². The van der Waals surface area contributed by atoms with E-state index in [4.69, 9.17) is 37.9 Å². The van der Waals surface area contributed by atoms with Gasteiger partial charge in [-0.1, -0.05) is 25.5 Å². The summed E-state index contributed by atoms with van der Waals surface area (Å²) in [5, 5.41) is 126. The van der Waals surface area contributed by atoms with Crippen LogP contribution in [0.4, 0.5) is 0 Å². The van der Waals surface area contributed by atoms with Gasteiger partial charge in [0.15, 0.2) is 25.0 Å². The second kappa shape index (κ2) is 20.2. The van der Waals surface area contributed by atoms with Crippen LogP contribution in [0.15, 0.2) is 12.2 Å². The number of aliphatic hydroxyl groups excluding tert-OH is 12. The maximum atomic E-state index is 15.0. The lowest BCUT2D eigenvalue weighted by Gasteiger charge is -2.64. The first-order valence-corrected chi connectivity index (χ1v) is 22.6. The van der Waals surface area contributed by atoms with E-state index in [1.54, 1.807) is 0 Å². The third-order valence-electron chi connectivity index (χ3n) is 15.7. The Hall–Kier alpha value is -1.55. The molecule has 23 atom stereocenters. The highest BCUT2D eigenvalue weighted by Gasteiger charge is 2.65. The van der Waals surface area contributed by atoms with Crippen molar-refractivity contribution in [3.8, 4) is 0 Å². The molecule has 0 radical (unpaired) electrons. The van der Waals surface area contributed by atoms with Crippen LogP contribution in [-0.2, 0) is 42.7 Å². The summed E-state index contributed by atoms with van der Waals surface area (Å²) in [6.07, 6.45) is -22.4. The summed E-state index contributed by atoms with van der Waals surface area (Å²) >= 11 is 0. The van der Waals surface area contributed by atoms with Gasteiger partial charge in [0.1, 0.15) is 67.1 Å². The van der Waals surface area contributed by atoms with Crippen molar-refractivity contribution >= 4 is 5.97 Å². The number of hydrogen-bond donors (Lipinski definition) is 12. The standard InChI is InChI=1S/C43H70O21/c1-19-5-6-29-41(2)8-4-9-42(3,28(41)7-10-43(29,13-19)18-57-36-22(50)11-20(48)24(14-44)58-36)40(56)64-39-35(63-37-23(51)12-21(49)25(15-45)59-37)34(31(53)27(17-47)61-39)62-38-33(55)32(54)30(52)26(16-46)60-38/h20-39,44-55H,1,4-18H2,2-3H3/t20?,21?,22?,23?,24?,25?,26?,27?,28-,29-,30?,31?,32?,33?,34?,35?,36?,37?,38?,39?,41+,42+,43+/m0/s1. The second-order valence-electron chi connectivity index (χ2n) is 19.8. The maximum Gasteiger partial charge on any atom is 0.314 e. The largest absolute Gasteiger partial charge is 0.432 e. The van der Waals surface area contributed by atoms with Gasteiger partial charge >= 0.3 is 5.97 Å². The molecule has 7 rings (SSSR count). The Morgan fingerprint density at radius 2 is 1.19 bits per heavy atom. The van der Waals surface area contributed by atoms with E-state index in [0.29, 0.717) is 32.1 Å². The molecule has 0 aromatic carbocycles. The molecule has 21 heteroatoms. The van der Waals surface area contributed by atoms with Crippen molar-refractivity contribution in [2.75, 3.05) is 33.0 Å². The summed E-state index contributed by atoms with van der Waals surface area (Å²) in [7, 11) is 0. The number of hydrogen-bond acceptors (Lipinski definition) is 21. The molecule has 4 saturated heterocycles. The predicted octanol–water partition coefficient (Wildman–Crippen LogP) is -3.20. The van der Waals surface area contributed by atoms with Gasteiger partial charge in [-0.2, -0.15) is 0 Å². The third kappa shape index (κ3) is 9.44. The second-order valence-corrected chi connectivity index (χ2v) is 19.8. The maximum absolute atomic E-state index is 15.0. The minimum absolute atomic E-state index is 0.0173. The Bertz CT molecular complexity index is 1590. The Labute approximate surface area is 371 Å². The Balaban J connectivity index is 1.16. The first-order chi connectivity index (χ1) is 30.3. The fraction of sp³-hybridized carbons (Fsp3) is 0.930. The van der Waals surface area contributed by atoms with Gasteiger partial charge in [0, 0.05) is 18.3 Å². The molecule has 64 heavy (non-hydrogen) atoms. The van der Waals surface area contributed by atoms with E-state index < -0.39 is 159 Å². The molecule has 3 aliphatic carbocycles. The summed E-state index contributed by atoms with van der Waals surface area (Å²) in [5.41, 5.74) is -0.989. The Kier molecular flexibility index (Phi) is 15.9. The van der Waals surface area contributed by atoms with Crippen LogP contribution in [0.1, 0.15) is 78.1 Å². The summed E-state index contributed by atoms with van der Waals surface area (Å²) in [6, 6.07) is 0. The lowest BCUT2D eigenvalue weighted by molar-refractivity contribution is -0.384. The quantitative estimate of drug-likeness (QED) is 0.0639. The molecule has 368 valence electrons. The molecule has 0 aromatic rings. The van der Waals surface area contributed by atoms with Crippen LogP contribution in [0.2, 0.25) is 0 Å². The van der Waals surface area contributed by atoms with Crippen molar-refractivity contribution < 1.29 is 104 Å². The molecule has 7 aliphatic rings. The van der Waals surface area contributed by atoms with Gasteiger partial charge in [-0.15, -0.1) is 0 Å². The van der Waals surface area contributed by atoms with Crippen LogP contribution in [0.25, 0.3) is 0 Å². The minimum Gasteiger partial charge on any atom is -0.432 e. The molecule has 7 fully saturated rings. The zero-order valence-corrected chi connectivity index (χ0v) is 36.4. The zero-order valence-electron chi connectivity index (χ0n) is 36.4. The number of carbonyl (C=O) groups excluding carboxylic acids is 1. The minimum atomic E-state index is -1.95. The molecule has 0 bridgehead atoms. The van der Waals surface area contributed by atoms with E-state index in [1.165, 1.54) is 0 Å². The number of rotatable bonds is 13. The molecule has 0 amide bonds. The van der Waals surface area contributed by atoms with Crippen molar-refractivity contribution in [2.24, 2.45) is 28.1 Å². The monoisotopic (exact) mass is 922 g/mol. The molecule has 18 unspecified atom stereocenters. The van der Waals surface area contributed by atoms with E-state index >= 15 is 4.79 Å². The van der Waals surface area contributed by atoms with E-state index in [-0.39, 0.29) is 31.3 Å².